The standard InChI is InChI=1S/C24H21N5O2S/c1-15-7-3-4-10-18(15)22-27-28-24(29(22)13-17-9-6-12-31-17)32-14-20-25-21-16(2)8-5-11-19(21)23(30)26-20/h3-12H,13-14H2,1-2H3,(H,25,26,30). The number of para-hydroxylation sites is 1. The van der Waals surface area contributed by atoms with E-state index in [0.29, 0.717) is 23.5 Å². The second kappa shape index (κ2) is 8.47. The van der Waals surface area contributed by atoms with Crippen molar-refractivity contribution >= 4 is 22.7 Å². The molecule has 32 heavy (non-hydrogen) atoms. The van der Waals surface area contributed by atoms with Crippen LogP contribution in [0.25, 0.3) is 22.3 Å². The maximum atomic E-state index is 12.5. The monoisotopic (exact) mass is 443 g/mol. The summed E-state index contributed by atoms with van der Waals surface area (Å²) in [5.41, 5.74) is 3.71. The zero-order valence-corrected chi connectivity index (χ0v) is 18.5. The molecule has 0 spiro atoms. The number of aryl methyl sites for hydroxylation is 2. The molecule has 0 atom stereocenters. The highest BCUT2D eigenvalue weighted by Gasteiger charge is 2.18. The van der Waals surface area contributed by atoms with Crippen LogP contribution in [0.4, 0.5) is 0 Å². The fraction of sp³-hybridized carbons (Fsp3) is 0.167. The molecule has 3 aromatic heterocycles. The third-order valence-electron chi connectivity index (χ3n) is 5.32. The molecule has 0 aliphatic carbocycles. The first-order valence-electron chi connectivity index (χ1n) is 10.2. The highest BCUT2D eigenvalue weighted by atomic mass is 32.2. The summed E-state index contributed by atoms with van der Waals surface area (Å²) in [7, 11) is 0. The van der Waals surface area contributed by atoms with E-state index in [9.17, 15) is 4.79 Å². The lowest BCUT2D eigenvalue weighted by atomic mass is 10.1. The number of benzene rings is 2. The SMILES string of the molecule is Cc1ccccc1-c1nnc(SCc2nc3c(C)cccc3c(=O)[nH]2)n1Cc1ccco1. The van der Waals surface area contributed by atoms with Gasteiger partial charge >= 0.3 is 0 Å². The van der Waals surface area contributed by atoms with Crippen LogP contribution in [0.3, 0.4) is 0 Å². The number of thioether (sulfide) groups is 1. The van der Waals surface area contributed by atoms with Crippen LogP contribution in [-0.2, 0) is 12.3 Å². The first-order chi connectivity index (χ1) is 15.6. The Morgan fingerprint density at radius 1 is 1.00 bits per heavy atom. The van der Waals surface area contributed by atoms with Gasteiger partial charge in [-0.3, -0.25) is 9.36 Å². The lowest BCUT2D eigenvalue weighted by Gasteiger charge is -2.10. The second-order valence-corrected chi connectivity index (χ2v) is 8.50. The van der Waals surface area contributed by atoms with E-state index in [4.69, 9.17) is 4.42 Å². The Kier molecular flexibility index (Phi) is 5.36. The van der Waals surface area contributed by atoms with Crippen molar-refractivity contribution in [2.45, 2.75) is 31.3 Å². The average Bonchev–Trinajstić information content (AvgIpc) is 3.44. The van der Waals surface area contributed by atoms with Crippen LogP contribution in [0.5, 0.6) is 0 Å². The van der Waals surface area contributed by atoms with Gasteiger partial charge in [0.25, 0.3) is 5.56 Å². The highest BCUT2D eigenvalue weighted by Crippen LogP contribution is 2.28. The molecule has 0 fully saturated rings. The number of aromatic amines is 1. The Balaban J connectivity index is 1.50. The van der Waals surface area contributed by atoms with Gasteiger partial charge in [-0.1, -0.05) is 48.2 Å². The Bertz CT molecular complexity index is 1450. The molecule has 1 N–H and O–H groups in total. The summed E-state index contributed by atoms with van der Waals surface area (Å²) in [6.07, 6.45) is 1.66. The van der Waals surface area contributed by atoms with Gasteiger partial charge in [0.1, 0.15) is 11.6 Å². The van der Waals surface area contributed by atoms with Crippen LogP contribution in [0.15, 0.2) is 75.2 Å². The summed E-state index contributed by atoms with van der Waals surface area (Å²) in [5, 5.41) is 10.3. The third kappa shape index (κ3) is 3.85. The molecule has 5 rings (SSSR count). The lowest BCUT2D eigenvalue weighted by Crippen LogP contribution is -2.12. The quantitative estimate of drug-likeness (QED) is 0.382. The van der Waals surface area contributed by atoms with Gasteiger partial charge in [0, 0.05) is 5.56 Å². The number of hydrogen-bond acceptors (Lipinski definition) is 6. The number of H-pyrrole nitrogens is 1. The van der Waals surface area contributed by atoms with Crippen LogP contribution in [-0.4, -0.2) is 24.7 Å². The molecule has 5 aromatic rings. The normalized spacial score (nSPS) is 11.3. The highest BCUT2D eigenvalue weighted by molar-refractivity contribution is 7.98. The molecule has 0 unspecified atom stereocenters. The van der Waals surface area contributed by atoms with E-state index >= 15 is 0 Å². The van der Waals surface area contributed by atoms with Crippen molar-refractivity contribution in [3.63, 3.8) is 0 Å². The third-order valence-corrected chi connectivity index (χ3v) is 6.30. The second-order valence-electron chi connectivity index (χ2n) is 7.56. The Labute approximate surface area is 188 Å². The van der Waals surface area contributed by atoms with E-state index in [1.54, 1.807) is 12.3 Å². The van der Waals surface area contributed by atoms with Crippen molar-refractivity contribution in [3.8, 4) is 11.4 Å². The molecule has 0 saturated carbocycles. The predicted octanol–water partition coefficient (Wildman–Crippen LogP) is 4.73. The number of furan rings is 1. The molecule has 7 nitrogen and oxygen atoms in total. The molecular formula is C24H21N5O2S. The van der Waals surface area contributed by atoms with E-state index in [-0.39, 0.29) is 5.56 Å². The number of hydrogen-bond donors (Lipinski definition) is 1. The first-order valence-corrected chi connectivity index (χ1v) is 11.2. The van der Waals surface area contributed by atoms with Gasteiger partial charge in [-0.25, -0.2) is 4.98 Å². The zero-order valence-electron chi connectivity index (χ0n) is 17.7. The smallest absolute Gasteiger partial charge is 0.258 e. The number of rotatable bonds is 6. The Morgan fingerprint density at radius 2 is 1.84 bits per heavy atom. The van der Waals surface area contributed by atoms with E-state index in [1.807, 2.05) is 54.0 Å². The Morgan fingerprint density at radius 3 is 2.66 bits per heavy atom. The minimum absolute atomic E-state index is 0.132. The van der Waals surface area contributed by atoms with Gasteiger partial charge in [0.15, 0.2) is 11.0 Å². The fourth-order valence-corrected chi connectivity index (χ4v) is 4.48. The summed E-state index contributed by atoms with van der Waals surface area (Å²) >= 11 is 1.48. The molecule has 0 aliphatic heterocycles. The largest absolute Gasteiger partial charge is 0.467 e. The molecule has 0 bridgehead atoms. The number of nitrogens with one attached hydrogen (secondary N) is 1. The van der Waals surface area contributed by atoms with Crippen LogP contribution >= 0.6 is 11.8 Å². The van der Waals surface area contributed by atoms with Gasteiger partial charge in [0.2, 0.25) is 0 Å². The molecule has 0 amide bonds. The van der Waals surface area contributed by atoms with Gasteiger partial charge < -0.3 is 9.40 Å². The van der Waals surface area contributed by atoms with Gasteiger partial charge in [-0.15, -0.1) is 10.2 Å². The number of nitrogens with zero attached hydrogens (tertiary/aromatic N) is 4. The molecule has 2 aromatic carbocycles. The zero-order chi connectivity index (χ0) is 22.1. The minimum atomic E-state index is -0.132. The van der Waals surface area contributed by atoms with Crippen molar-refractivity contribution in [1.29, 1.82) is 0 Å². The summed E-state index contributed by atoms with van der Waals surface area (Å²) in [6.45, 7) is 4.52. The lowest BCUT2D eigenvalue weighted by molar-refractivity contribution is 0.485. The molecule has 0 saturated heterocycles. The van der Waals surface area contributed by atoms with E-state index in [1.165, 1.54) is 11.8 Å². The topological polar surface area (TPSA) is 89.6 Å². The van der Waals surface area contributed by atoms with Crippen LogP contribution in [0.2, 0.25) is 0 Å². The maximum Gasteiger partial charge on any atom is 0.258 e. The molecule has 160 valence electrons. The number of aromatic nitrogens is 5. The predicted molar refractivity (Wildman–Crippen MR) is 125 cm³/mol. The van der Waals surface area contributed by atoms with Gasteiger partial charge in [0.05, 0.1) is 29.5 Å². The van der Waals surface area contributed by atoms with Crippen LogP contribution in [0, 0.1) is 13.8 Å². The van der Waals surface area contributed by atoms with Crippen molar-refractivity contribution < 1.29 is 4.42 Å². The van der Waals surface area contributed by atoms with E-state index in [0.717, 1.165) is 38.9 Å². The maximum absolute atomic E-state index is 12.5. The number of fused-ring (bicyclic) bond motifs is 1. The van der Waals surface area contributed by atoms with Crippen molar-refractivity contribution in [2.75, 3.05) is 0 Å². The average molecular weight is 444 g/mol. The van der Waals surface area contributed by atoms with Crippen molar-refractivity contribution in [3.05, 3.63) is 93.9 Å². The first kappa shape index (κ1) is 20.3. The molecule has 3 heterocycles. The van der Waals surface area contributed by atoms with Crippen LogP contribution < -0.4 is 5.56 Å². The summed E-state index contributed by atoms with van der Waals surface area (Å²) < 4.78 is 7.62. The van der Waals surface area contributed by atoms with Gasteiger partial charge in [-0.05, 0) is 43.2 Å². The summed E-state index contributed by atoms with van der Waals surface area (Å²) in [4.78, 5) is 20.1. The molecule has 0 aliphatic rings. The van der Waals surface area contributed by atoms with E-state index in [2.05, 4.69) is 33.2 Å². The van der Waals surface area contributed by atoms with Crippen molar-refractivity contribution in [2.24, 2.45) is 0 Å². The van der Waals surface area contributed by atoms with Crippen LogP contribution in [0.1, 0.15) is 22.7 Å². The molecule has 8 heteroatoms. The minimum Gasteiger partial charge on any atom is -0.467 e. The Hall–Kier alpha value is -3.65. The summed E-state index contributed by atoms with van der Waals surface area (Å²) in [6, 6.07) is 17.5. The van der Waals surface area contributed by atoms with Gasteiger partial charge in [-0.2, -0.15) is 0 Å². The molecule has 0 radical (unpaired) electrons. The molecular weight excluding hydrogens is 422 g/mol. The van der Waals surface area contributed by atoms with Crippen molar-refractivity contribution in [1.82, 2.24) is 24.7 Å². The fourth-order valence-electron chi connectivity index (χ4n) is 3.67. The van der Waals surface area contributed by atoms with E-state index < -0.39 is 0 Å². The summed E-state index contributed by atoms with van der Waals surface area (Å²) in [5.74, 6) is 2.66.